The maximum atomic E-state index is 12.8. The summed E-state index contributed by atoms with van der Waals surface area (Å²) in [6.07, 6.45) is -0.639. The van der Waals surface area contributed by atoms with Crippen molar-refractivity contribution in [3.05, 3.63) is 70.9 Å². The van der Waals surface area contributed by atoms with Crippen molar-refractivity contribution in [2.75, 3.05) is 5.32 Å². The van der Waals surface area contributed by atoms with E-state index in [1.165, 1.54) is 0 Å². The van der Waals surface area contributed by atoms with Gasteiger partial charge in [-0.15, -0.1) is 0 Å². The van der Waals surface area contributed by atoms with Gasteiger partial charge in [-0.25, -0.2) is 4.68 Å². The van der Waals surface area contributed by atoms with Crippen molar-refractivity contribution in [1.82, 2.24) is 9.78 Å². The summed E-state index contributed by atoms with van der Waals surface area (Å²) in [5, 5.41) is 8.31. The third-order valence-electron chi connectivity index (χ3n) is 4.27. The maximum Gasteiger partial charge on any atom is 0.266 e. The summed E-state index contributed by atoms with van der Waals surface area (Å²) in [4.78, 5) is 12.8. The number of carbonyl (C=O) groups is 1. The highest BCUT2D eigenvalue weighted by molar-refractivity contribution is 7.98. The molecule has 1 aromatic heterocycles. The van der Waals surface area contributed by atoms with Crippen LogP contribution in [0.2, 0.25) is 5.02 Å². The minimum atomic E-state index is -0.639. The molecule has 4 rings (SSSR count). The van der Waals surface area contributed by atoms with Gasteiger partial charge >= 0.3 is 0 Å². The zero-order valence-electron chi connectivity index (χ0n) is 14.7. The highest BCUT2D eigenvalue weighted by Crippen LogP contribution is 2.36. The molecule has 0 spiro atoms. The van der Waals surface area contributed by atoms with Crippen LogP contribution in [-0.2, 0) is 16.3 Å². The molecule has 7 heteroatoms. The Morgan fingerprint density at radius 3 is 2.81 bits per heavy atom. The first-order chi connectivity index (χ1) is 13.1. The maximum absolute atomic E-state index is 12.8. The van der Waals surface area contributed by atoms with Gasteiger partial charge in [-0.05, 0) is 37.3 Å². The number of benzene rings is 2. The highest BCUT2D eigenvalue weighted by atomic mass is 35.5. The van der Waals surface area contributed by atoms with Crippen LogP contribution in [0.3, 0.4) is 0 Å². The number of halogens is 1. The average Bonchev–Trinajstić information content (AvgIpc) is 3.25. The summed E-state index contributed by atoms with van der Waals surface area (Å²) in [6.45, 7) is 1.73. The van der Waals surface area contributed by atoms with Gasteiger partial charge in [0.2, 0.25) is 0 Å². The second-order valence-corrected chi connectivity index (χ2v) is 7.64. The minimum absolute atomic E-state index is 0.221. The zero-order chi connectivity index (χ0) is 18.8. The van der Waals surface area contributed by atoms with E-state index in [0.29, 0.717) is 16.6 Å². The lowest BCUT2D eigenvalue weighted by molar-refractivity contribution is -0.122. The highest BCUT2D eigenvalue weighted by Gasteiger charge is 2.26. The quantitative estimate of drug-likeness (QED) is 0.676. The lowest BCUT2D eigenvalue weighted by Gasteiger charge is -2.16. The van der Waals surface area contributed by atoms with Crippen LogP contribution in [0.4, 0.5) is 5.82 Å². The Balaban J connectivity index is 1.60. The normalized spacial score (nSPS) is 13.9. The Kier molecular flexibility index (Phi) is 5.09. The Labute approximate surface area is 166 Å². The van der Waals surface area contributed by atoms with Crippen molar-refractivity contribution in [3.63, 3.8) is 0 Å². The van der Waals surface area contributed by atoms with Crippen molar-refractivity contribution in [1.29, 1.82) is 0 Å². The summed E-state index contributed by atoms with van der Waals surface area (Å²) in [5.41, 5.74) is 2.86. The molecule has 0 bridgehead atoms. The topological polar surface area (TPSA) is 56.1 Å². The smallest absolute Gasteiger partial charge is 0.266 e. The van der Waals surface area contributed by atoms with E-state index in [2.05, 4.69) is 10.4 Å². The second-order valence-electron chi connectivity index (χ2n) is 6.22. The van der Waals surface area contributed by atoms with Crippen LogP contribution in [0.15, 0.2) is 54.6 Å². The number of amides is 1. The van der Waals surface area contributed by atoms with E-state index in [-0.39, 0.29) is 5.91 Å². The first kappa shape index (κ1) is 17.9. The van der Waals surface area contributed by atoms with Gasteiger partial charge in [0.05, 0.1) is 11.4 Å². The van der Waals surface area contributed by atoms with Crippen molar-refractivity contribution < 1.29 is 9.53 Å². The molecule has 3 aromatic rings. The number of thioether (sulfide) groups is 1. The largest absolute Gasteiger partial charge is 0.481 e. The van der Waals surface area contributed by atoms with E-state index < -0.39 is 6.10 Å². The Morgan fingerprint density at radius 2 is 2.04 bits per heavy atom. The van der Waals surface area contributed by atoms with Crippen molar-refractivity contribution in [2.45, 2.75) is 24.5 Å². The van der Waals surface area contributed by atoms with Crippen molar-refractivity contribution in [3.8, 4) is 11.4 Å². The third kappa shape index (κ3) is 3.82. The fraction of sp³-hybridized carbons (Fsp3) is 0.200. The van der Waals surface area contributed by atoms with Crippen molar-refractivity contribution in [2.24, 2.45) is 0 Å². The number of nitrogens with one attached hydrogen (secondary N) is 1. The molecule has 1 aliphatic rings. The first-order valence-electron chi connectivity index (χ1n) is 8.59. The first-order valence-corrected chi connectivity index (χ1v) is 10.1. The molecule has 0 saturated carbocycles. The fourth-order valence-corrected chi connectivity index (χ4v) is 4.13. The van der Waals surface area contributed by atoms with Gasteiger partial charge in [-0.2, -0.15) is 16.9 Å². The molecule has 2 aromatic carbocycles. The lowest BCUT2D eigenvalue weighted by atomic mass is 10.2. The van der Waals surface area contributed by atoms with Crippen LogP contribution >= 0.6 is 23.4 Å². The summed E-state index contributed by atoms with van der Waals surface area (Å²) in [6, 6.07) is 16.7. The molecular weight excluding hydrogens is 382 g/mol. The predicted molar refractivity (Wildman–Crippen MR) is 109 cm³/mol. The number of carbonyl (C=O) groups excluding carboxylic acids is 1. The third-order valence-corrected chi connectivity index (χ3v) is 5.48. The van der Waals surface area contributed by atoms with E-state index in [1.807, 2.05) is 54.6 Å². The Hall–Kier alpha value is -2.44. The number of rotatable bonds is 5. The van der Waals surface area contributed by atoms with Gasteiger partial charge in [0.1, 0.15) is 11.6 Å². The Bertz CT molecular complexity index is 975. The molecule has 27 heavy (non-hydrogen) atoms. The number of nitrogens with zero attached hydrogens (tertiary/aromatic N) is 2. The fourth-order valence-electron chi connectivity index (χ4n) is 2.91. The van der Waals surface area contributed by atoms with Gasteiger partial charge in [-0.3, -0.25) is 4.79 Å². The molecular formula is C20H18ClN3O2S. The summed E-state index contributed by atoms with van der Waals surface area (Å²) in [5.74, 6) is 2.78. The van der Waals surface area contributed by atoms with Crippen molar-refractivity contribution >= 4 is 35.1 Å². The molecule has 0 aliphatic carbocycles. The van der Waals surface area contributed by atoms with Gasteiger partial charge in [-0.1, -0.05) is 35.9 Å². The van der Waals surface area contributed by atoms with Gasteiger partial charge < -0.3 is 10.1 Å². The molecule has 1 atom stereocenters. The number of hydrogen-bond acceptors (Lipinski definition) is 4. The summed E-state index contributed by atoms with van der Waals surface area (Å²) >= 11 is 7.92. The zero-order valence-corrected chi connectivity index (χ0v) is 16.3. The molecule has 0 saturated heterocycles. The minimum Gasteiger partial charge on any atom is -0.481 e. The predicted octanol–water partition coefficient (Wildman–Crippen LogP) is 4.68. The number of fused-ring (bicyclic) bond motifs is 1. The summed E-state index contributed by atoms with van der Waals surface area (Å²) in [7, 11) is 0. The molecule has 2 heterocycles. The SMILES string of the molecule is C[C@H](Oc1ccccc1)C(=O)Nc1c2c(nn1-c1cccc(Cl)c1)CSC2. The molecule has 0 fully saturated rings. The monoisotopic (exact) mass is 399 g/mol. The van der Waals surface area contributed by atoms with Gasteiger partial charge in [0.15, 0.2) is 6.10 Å². The van der Waals surface area contributed by atoms with E-state index in [0.717, 1.165) is 28.5 Å². The summed E-state index contributed by atoms with van der Waals surface area (Å²) < 4.78 is 7.49. The molecule has 0 unspecified atom stereocenters. The average molecular weight is 400 g/mol. The number of ether oxygens (including phenoxy) is 1. The van der Waals surface area contributed by atoms with E-state index in [9.17, 15) is 4.79 Å². The van der Waals surface area contributed by atoms with Crippen LogP contribution in [0, 0.1) is 0 Å². The van der Waals surface area contributed by atoms with Crippen LogP contribution < -0.4 is 10.1 Å². The molecule has 0 radical (unpaired) electrons. The van der Waals surface area contributed by atoms with E-state index in [1.54, 1.807) is 23.4 Å². The number of anilines is 1. The number of hydrogen-bond donors (Lipinski definition) is 1. The molecule has 1 amide bonds. The molecule has 5 nitrogen and oxygen atoms in total. The standard InChI is InChI=1S/C20H18ClN3O2S/c1-13(26-16-8-3-2-4-9-16)20(25)22-19-17-11-27-12-18(17)23-24(19)15-7-5-6-14(21)10-15/h2-10,13H,11-12H2,1H3,(H,22,25)/t13-/m0/s1. The van der Waals surface area contributed by atoms with E-state index in [4.69, 9.17) is 16.3 Å². The lowest BCUT2D eigenvalue weighted by Crippen LogP contribution is -2.31. The second kappa shape index (κ2) is 7.66. The van der Waals surface area contributed by atoms with Gasteiger partial charge in [0.25, 0.3) is 5.91 Å². The molecule has 1 aliphatic heterocycles. The van der Waals surface area contributed by atoms with Crippen LogP contribution in [0.1, 0.15) is 18.2 Å². The van der Waals surface area contributed by atoms with Crippen LogP contribution in [0.25, 0.3) is 5.69 Å². The molecule has 1 N–H and O–H groups in total. The Morgan fingerprint density at radius 1 is 1.22 bits per heavy atom. The van der Waals surface area contributed by atoms with Crippen LogP contribution in [-0.4, -0.2) is 21.8 Å². The number of aromatic nitrogens is 2. The molecule has 138 valence electrons. The van der Waals surface area contributed by atoms with Gasteiger partial charge in [0, 0.05) is 22.1 Å². The van der Waals surface area contributed by atoms with Crippen LogP contribution in [0.5, 0.6) is 5.75 Å². The van der Waals surface area contributed by atoms with E-state index >= 15 is 0 Å². The number of para-hydroxylation sites is 1.